The summed E-state index contributed by atoms with van der Waals surface area (Å²) in [7, 11) is -4.38. The van der Waals surface area contributed by atoms with Gasteiger partial charge < -0.3 is 0 Å². The van der Waals surface area contributed by atoms with Gasteiger partial charge in [-0.05, 0) is 0 Å². The minimum Gasteiger partial charge on any atom is -0.223 e. The first-order valence-corrected chi connectivity index (χ1v) is 6.46. The predicted octanol–water partition coefficient (Wildman–Crippen LogP) is 0.809. The molecule has 6 nitrogen and oxygen atoms in total. The fourth-order valence-electron chi connectivity index (χ4n) is 1.54. The number of aromatic nitrogens is 2. The van der Waals surface area contributed by atoms with Gasteiger partial charge in [0.25, 0.3) is 10.0 Å². The number of sulfonamides is 1. The summed E-state index contributed by atoms with van der Waals surface area (Å²) in [6, 6.07) is 2.59. The highest BCUT2D eigenvalue weighted by molar-refractivity contribution is 7.89. The summed E-state index contributed by atoms with van der Waals surface area (Å²) in [5, 5.41) is 16.5. The quantitative estimate of drug-likeness (QED) is 0.829. The van der Waals surface area contributed by atoms with Crippen LogP contribution in [0.4, 0.5) is 13.2 Å². The highest BCUT2D eigenvalue weighted by atomic mass is 32.2. The van der Waals surface area contributed by atoms with Gasteiger partial charge in [-0.25, -0.2) is 31.4 Å². The Hall–Kier alpha value is -2.38. The number of hydrogen-bond acceptors (Lipinski definition) is 4. The van der Waals surface area contributed by atoms with Gasteiger partial charge >= 0.3 is 0 Å². The average Bonchev–Trinajstić information content (AvgIpc) is 2.79. The minimum atomic E-state index is -4.38. The van der Waals surface area contributed by atoms with Crippen LogP contribution in [0, 0.1) is 28.8 Å². The lowest BCUT2D eigenvalue weighted by molar-refractivity contribution is 0.445. The van der Waals surface area contributed by atoms with Gasteiger partial charge in [0.05, 0.1) is 11.9 Å². The molecule has 0 aliphatic rings. The molecule has 0 amide bonds. The van der Waals surface area contributed by atoms with Gasteiger partial charge in [-0.2, -0.15) is 10.4 Å². The van der Waals surface area contributed by atoms with E-state index in [1.54, 1.807) is 0 Å². The number of primary sulfonamides is 1. The van der Waals surface area contributed by atoms with Crippen molar-refractivity contribution in [1.29, 1.82) is 5.26 Å². The number of rotatable bonds is 2. The molecule has 0 fully saturated rings. The van der Waals surface area contributed by atoms with Crippen molar-refractivity contribution in [2.45, 2.75) is 5.03 Å². The minimum absolute atomic E-state index is 0.405. The molecule has 20 heavy (non-hydrogen) atoms. The van der Waals surface area contributed by atoms with Crippen molar-refractivity contribution in [3.05, 3.63) is 41.3 Å². The molecular weight excluding hydrogens is 297 g/mol. The smallest absolute Gasteiger partial charge is 0.223 e. The Bertz CT molecular complexity index is 816. The van der Waals surface area contributed by atoms with Gasteiger partial charge in [0, 0.05) is 12.1 Å². The van der Waals surface area contributed by atoms with Crippen LogP contribution in [-0.2, 0) is 10.0 Å². The zero-order chi connectivity index (χ0) is 15.1. The van der Waals surface area contributed by atoms with Gasteiger partial charge in [0.15, 0.2) is 22.5 Å². The van der Waals surface area contributed by atoms with Crippen molar-refractivity contribution < 1.29 is 21.6 Å². The van der Waals surface area contributed by atoms with Gasteiger partial charge in [-0.1, -0.05) is 0 Å². The van der Waals surface area contributed by atoms with Crippen LogP contribution in [0.1, 0.15) is 5.56 Å². The summed E-state index contributed by atoms with van der Waals surface area (Å²) in [6.45, 7) is 0. The molecule has 2 rings (SSSR count). The van der Waals surface area contributed by atoms with E-state index < -0.39 is 43.8 Å². The number of nitriles is 1. The van der Waals surface area contributed by atoms with E-state index in [2.05, 4.69) is 5.10 Å². The summed E-state index contributed by atoms with van der Waals surface area (Å²) in [4.78, 5) is 0. The predicted molar refractivity (Wildman–Crippen MR) is 59.5 cm³/mol. The zero-order valence-electron chi connectivity index (χ0n) is 9.51. The van der Waals surface area contributed by atoms with E-state index in [1.165, 1.54) is 6.07 Å². The third kappa shape index (κ3) is 2.24. The van der Waals surface area contributed by atoms with E-state index in [0.29, 0.717) is 16.8 Å². The van der Waals surface area contributed by atoms with Crippen LogP contribution in [0.15, 0.2) is 23.4 Å². The van der Waals surface area contributed by atoms with Crippen LogP contribution in [-0.4, -0.2) is 18.2 Å². The van der Waals surface area contributed by atoms with E-state index in [0.717, 1.165) is 6.20 Å². The maximum atomic E-state index is 13.1. The monoisotopic (exact) mass is 302 g/mol. The van der Waals surface area contributed by atoms with Crippen LogP contribution in [0.3, 0.4) is 0 Å². The number of benzene rings is 1. The Morgan fingerprint density at radius 3 is 2.25 bits per heavy atom. The molecule has 2 N–H and O–H groups in total. The standard InChI is InChI=1S/C10H5F3N4O2S/c11-7-1-6(2-8(12)9(7)13)17-10(20(15,18)19)5(3-14)4-16-17/h1-2,4H,(H2,15,18,19). The first kappa shape index (κ1) is 14.0. The second-order valence-corrected chi connectivity index (χ2v) is 5.13. The van der Waals surface area contributed by atoms with Crippen LogP contribution in [0.25, 0.3) is 5.69 Å². The maximum absolute atomic E-state index is 13.1. The Morgan fingerprint density at radius 1 is 1.25 bits per heavy atom. The van der Waals surface area contributed by atoms with Gasteiger partial charge in [-0.15, -0.1) is 0 Å². The topological polar surface area (TPSA) is 102 Å². The molecule has 0 saturated heterocycles. The molecule has 2 aromatic rings. The first-order valence-electron chi connectivity index (χ1n) is 4.91. The molecule has 104 valence electrons. The molecular formula is C10H5F3N4O2S. The fraction of sp³-hybridized carbons (Fsp3) is 0. The highest BCUT2D eigenvalue weighted by Gasteiger charge is 2.23. The van der Waals surface area contributed by atoms with Gasteiger partial charge in [0.2, 0.25) is 0 Å². The molecule has 0 unspecified atom stereocenters. The van der Waals surface area contributed by atoms with E-state index in [-0.39, 0.29) is 0 Å². The second-order valence-electron chi connectivity index (χ2n) is 3.66. The van der Waals surface area contributed by atoms with Crippen molar-refractivity contribution in [2.24, 2.45) is 5.14 Å². The maximum Gasteiger partial charge on any atom is 0.257 e. The summed E-state index contributed by atoms with van der Waals surface area (Å²) in [6.07, 6.45) is 0.860. The number of nitrogens with zero attached hydrogens (tertiary/aromatic N) is 3. The van der Waals surface area contributed by atoms with Crippen LogP contribution >= 0.6 is 0 Å². The molecule has 0 spiro atoms. The Morgan fingerprint density at radius 2 is 1.80 bits per heavy atom. The molecule has 1 aromatic carbocycles. The molecule has 0 atom stereocenters. The molecule has 10 heteroatoms. The summed E-state index contributed by atoms with van der Waals surface area (Å²) in [5.41, 5.74) is -0.829. The van der Waals surface area contributed by atoms with E-state index in [1.807, 2.05) is 0 Å². The van der Waals surface area contributed by atoms with Crippen molar-refractivity contribution in [3.63, 3.8) is 0 Å². The highest BCUT2D eigenvalue weighted by Crippen LogP contribution is 2.21. The lowest BCUT2D eigenvalue weighted by Gasteiger charge is -2.07. The van der Waals surface area contributed by atoms with Crippen LogP contribution < -0.4 is 5.14 Å². The van der Waals surface area contributed by atoms with E-state index in [9.17, 15) is 21.6 Å². The van der Waals surface area contributed by atoms with Crippen molar-refractivity contribution in [3.8, 4) is 11.8 Å². The van der Waals surface area contributed by atoms with Gasteiger partial charge in [0.1, 0.15) is 11.6 Å². The molecule has 0 aliphatic carbocycles. The van der Waals surface area contributed by atoms with Crippen LogP contribution in [0.5, 0.6) is 0 Å². The summed E-state index contributed by atoms with van der Waals surface area (Å²) in [5.74, 6) is -4.78. The molecule has 0 aliphatic heterocycles. The molecule has 0 bridgehead atoms. The largest absolute Gasteiger partial charge is 0.257 e. The number of halogens is 3. The average molecular weight is 302 g/mol. The fourth-order valence-corrected chi connectivity index (χ4v) is 2.33. The SMILES string of the molecule is N#Cc1cnn(-c2cc(F)c(F)c(F)c2)c1S(N)(=O)=O. The molecule has 1 heterocycles. The summed E-state index contributed by atoms with van der Waals surface area (Å²) < 4.78 is 62.5. The number of nitrogens with two attached hydrogens (primary N) is 1. The third-order valence-corrected chi connectivity index (χ3v) is 3.26. The third-order valence-electron chi connectivity index (χ3n) is 2.33. The lowest BCUT2D eigenvalue weighted by Crippen LogP contribution is -2.18. The van der Waals surface area contributed by atoms with E-state index in [4.69, 9.17) is 10.4 Å². The number of hydrogen-bond donors (Lipinski definition) is 1. The Labute approximate surface area is 110 Å². The van der Waals surface area contributed by atoms with Gasteiger partial charge in [-0.3, -0.25) is 0 Å². The lowest BCUT2D eigenvalue weighted by atomic mass is 10.3. The Balaban J connectivity index is 2.79. The normalized spacial score (nSPS) is 11.3. The summed E-state index contributed by atoms with van der Waals surface area (Å²) >= 11 is 0. The van der Waals surface area contributed by atoms with Crippen molar-refractivity contribution in [1.82, 2.24) is 9.78 Å². The first-order chi connectivity index (χ1) is 9.25. The second kappa shape index (κ2) is 4.62. The van der Waals surface area contributed by atoms with Crippen molar-refractivity contribution >= 4 is 10.0 Å². The van der Waals surface area contributed by atoms with Crippen molar-refractivity contribution in [2.75, 3.05) is 0 Å². The molecule has 1 aromatic heterocycles. The Kier molecular flexibility index (Phi) is 3.24. The van der Waals surface area contributed by atoms with Crippen LogP contribution in [0.2, 0.25) is 0 Å². The molecule has 0 saturated carbocycles. The van der Waals surface area contributed by atoms with E-state index >= 15 is 0 Å². The zero-order valence-corrected chi connectivity index (χ0v) is 10.3. The molecule has 0 radical (unpaired) electrons.